The van der Waals surface area contributed by atoms with Crippen molar-refractivity contribution < 1.29 is 24.2 Å². The van der Waals surface area contributed by atoms with Crippen molar-refractivity contribution in [3.63, 3.8) is 0 Å². The highest BCUT2D eigenvalue weighted by Crippen LogP contribution is 2.26. The van der Waals surface area contributed by atoms with E-state index in [9.17, 15) is 14.4 Å². The van der Waals surface area contributed by atoms with Gasteiger partial charge in [0.25, 0.3) is 5.91 Å². The molecule has 0 saturated carbocycles. The van der Waals surface area contributed by atoms with Crippen molar-refractivity contribution >= 4 is 17.8 Å². The van der Waals surface area contributed by atoms with E-state index in [1.165, 1.54) is 0 Å². The number of hydrogen-bond acceptors (Lipinski definition) is 4. The van der Waals surface area contributed by atoms with Crippen LogP contribution in [0.5, 0.6) is 5.75 Å². The maximum absolute atomic E-state index is 12.9. The number of ether oxygens (including phenoxy) is 1. The van der Waals surface area contributed by atoms with Gasteiger partial charge in [-0.15, -0.1) is 0 Å². The largest absolute Gasteiger partial charge is 0.481 e. The van der Waals surface area contributed by atoms with Crippen LogP contribution in [0.25, 0.3) is 0 Å². The zero-order chi connectivity index (χ0) is 20.7. The number of unbranched alkanes of at least 4 members (excludes halogenated alkanes) is 1. The zero-order valence-corrected chi connectivity index (χ0v) is 16.9. The molecule has 2 N–H and O–H groups in total. The van der Waals surface area contributed by atoms with Gasteiger partial charge in [0.05, 0.1) is 0 Å². The minimum absolute atomic E-state index is 0.0313. The van der Waals surface area contributed by atoms with Crippen LogP contribution in [-0.4, -0.2) is 54.0 Å². The molecule has 7 heteroatoms. The van der Waals surface area contributed by atoms with Crippen molar-refractivity contribution in [2.24, 2.45) is 5.92 Å². The van der Waals surface area contributed by atoms with Crippen molar-refractivity contribution in [2.45, 2.75) is 46.5 Å². The third-order valence-electron chi connectivity index (χ3n) is 5.03. The van der Waals surface area contributed by atoms with E-state index in [0.717, 1.165) is 24.0 Å². The fourth-order valence-electron chi connectivity index (χ4n) is 3.50. The molecule has 28 heavy (non-hydrogen) atoms. The van der Waals surface area contributed by atoms with Crippen LogP contribution in [0.4, 0.5) is 0 Å². The predicted molar refractivity (Wildman–Crippen MR) is 106 cm³/mol. The maximum atomic E-state index is 12.9. The van der Waals surface area contributed by atoms with Crippen LogP contribution in [0.2, 0.25) is 0 Å². The van der Waals surface area contributed by atoms with Crippen LogP contribution in [-0.2, 0) is 9.59 Å². The number of carboxylic acids is 1. The van der Waals surface area contributed by atoms with E-state index in [-0.39, 0.29) is 17.7 Å². The Balaban J connectivity index is 1.96. The molecule has 0 aliphatic carbocycles. The first kappa shape index (κ1) is 21.7. The third kappa shape index (κ3) is 5.71. The van der Waals surface area contributed by atoms with Gasteiger partial charge in [0, 0.05) is 31.1 Å². The highest BCUT2D eigenvalue weighted by Gasteiger charge is 2.28. The number of aliphatic carboxylic acids is 1. The molecule has 2 amide bonds. The Hall–Kier alpha value is -2.57. The molecule has 1 aliphatic heterocycles. The second-order valence-corrected chi connectivity index (χ2v) is 7.33. The van der Waals surface area contributed by atoms with Gasteiger partial charge in [0.1, 0.15) is 5.75 Å². The lowest BCUT2D eigenvalue weighted by atomic mass is 9.95. The van der Waals surface area contributed by atoms with Crippen molar-refractivity contribution in [3.8, 4) is 5.75 Å². The lowest BCUT2D eigenvalue weighted by Gasteiger charge is -2.31. The number of piperidine rings is 1. The standard InChI is InChI=1S/C21H30N2O5/c1-4-5-8-22-20(26)16-6-9-23(10-7-16)21(27)17-11-14(2)19(15(3)12-17)28-13-18(24)25/h11-12,16H,4-10,13H2,1-3H3,(H,22,26)(H,24,25). The number of rotatable bonds is 8. The molecule has 154 valence electrons. The molecule has 1 aliphatic rings. The van der Waals surface area contributed by atoms with Crippen LogP contribution in [0.3, 0.4) is 0 Å². The third-order valence-corrected chi connectivity index (χ3v) is 5.03. The van der Waals surface area contributed by atoms with Crippen LogP contribution >= 0.6 is 0 Å². The minimum atomic E-state index is -1.04. The molecule has 0 atom stereocenters. The van der Waals surface area contributed by atoms with Gasteiger partial charge in [-0.05, 0) is 56.4 Å². The molecular formula is C21H30N2O5. The van der Waals surface area contributed by atoms with E-state index in [1.807, 2.05) is 0 Å². The first-order valence-corrected chi connectivity index (χ1v) is 9.86. The Morgan fingerprint density at radius 1 is 1.18 bits per heavy atom. The molecule has 1 heterocycles. The molecule has 1 aromatic rings. The lowest BCUT2D eigenvalue weighted by Crippen LogP contribution is -2.43. The number of carbonyl (C=O) groups excluding carboxylic acids is 2. The minimum Gasteiger partial charge on any atom is -0.481 e. The number of aryl methyl sites for hydroxylation is 2. The molecule has 0 unspecified atom stereocenters. The van der Waals surface area contributed by atoms with Crippen molar-refractivity contribution in [1.29, 1.82) is 0 Å². The van der Waals surface area contributed by atoms with E-state index in [4.69, 9.17) is 9.84 Å². The number of carbonyl (C=O) groups is 3. The van der Waals surface area contributed by atoms with Gasteiger partial charge >= 0.3 is 5.97 Å². The summed E-state index contributed by atoms with van der Waals surface area (Å²) in [4.78, 5) is 37.5. The van der Waals surface area contributed by atoms with E-state index in [1.54, 1.807) is 30.9 Å². The molecule has 0 bridgehead atoms. The summed E-state index contributed by atoms with van der Waals surface area (Å²) >= 11 is 0. The van der Waals surface area contributed by atoms with Gasteiger partial charge in [-0.2, -0.15) is 0 Å². The summed E-state index contributed by atoms with van der Waals surface area (Å²) in [6.07, 6.45) is 3.36. The SMILES string of the molecule is CCCCNC(=O)C1CCN(C(=O)c2cc(C)c(OCC(=O)O)c(C)c2)CC1. The smallest absolute Gasteiger partial charge is 0.341 e. The summed E-state index contributed by atoms with van der Waals surface area (Å²) in [6, 6.07) is 3.46. The predicted octanol–water partition coefficient (Wildman–Crippen LogP) is 2.54. The monoisotopic (exact) mass is 390 g/mol. The summed E-state index contributed by atoms with van der Waals surface area (Å²) in [6.45, 7) is 7.10. The summed E-state index contributed by atoms with van der Waals surface area (Å²) in [7, 11) is 0. The topological polar surface area (TPSA) is 95.9 Å². The molecule has 0 spiro atoms. The van der Waals surface area contributed by atoms with E-state index < -0.39 is 12.6 Å². The number of likely N-dealkylation sites (tertiary alicyclic amines) is 1. The summed E-state index contributed by atoms with van der Waals surface area (Å²) in [5.41, 5.74) is 2.02. The van der Waals surface area contributed by atoms with Gasteiger partial charge in [-0.25, -0.2) is 4.79 Å². The molecule has 0 radical (unpaired) electrons. The van der Waals surface area contributed by atoms with Crippen LogP contribution < -0.4 is 10.1 Å². The number of nitrogens with zero attached hydrogens (tertiary/aromatic N) is 1. The Kier molecular flexibility index (Phi) is 7.84. The number of hydrogen-bond donors (Lipinski definition) is 2. The average Bonchev–Trinajstić information content (AvgIpc) is 2.66. The van der Waals surface area contributed by atoms with Crippen molar-refractivity contribution in [3.05, 3.63) is 28.8 Å². The number of benzene rings is 1. The molecule has 2 rings (SSSR count). The number of carboxylic acid groups (broad SMARTS) is 1. The Morgan fingerprint density at radius 2 is 1.79 bits per heavy atom. The van der Waals surface area contributed by atoms with Gasteiger partial charge in [-0.3, -0.25) is 9.59 Å². The van der Waals surface area contributed by atoms with Crippen molar-refractivity contribution in [2.75, 3.05) is 26.2 Å². The molecule has 7 nitrogen and oxygen atoms in total. The lowest BCUT2D eigenvalue weighted by molar-refractivity contribution is -0.139. The first-order chi connectivity index (χ1) is 13.3. The second-order valence-electron chi connectivity index (χ2n) is 7.33. The van der Waals surface area contributed by atoms with Crippen LogP contribution in [0.1, 0.15) is 54.1 Å². The fourth-order valence-corrected chi connectivity index (χ4v) is 3.50. The van der Waals surface area contributed by atoms with Gasteiger partial charge in [-0.1, -0.05) is 13.3 Å². The number of nitrogens with one attached hydrogen (secondary N) is 1. The summed E-state index contributed by atoms with van der Waals surface area (Å²) < 4.78 is 5.32. The summed E-state index contributed by atoms with van der Waals surface area (Å²) in [5, 5.41) is 11.7. The van der Waals surface area contributed by atoms with E-state index in [0.29, 0.717) is 43.8 Å². The van der Waals surface area contributed by atoms with Gasteiger partial charge in [0.15, 0.2) is 6.61 Å². The first-order valence-electron chi connectivity index (χ1n) is 9.86. The highest BCUT2D eigenvalue weighted by atomic mass is 16.5. The van der Waals surface area contributed by atoms with E-state index >= 15 is 0 Å². The zero-order valence-electron chi connectivity index (χ0n) is 16.9. The van der Waals surface area contributed by atoms with Gasteiger partial charge < -0.3 is 20.1 Å². The van der Waals surface area contributed by atoms with Crippen LogP contribution in [0, 0.1) is 19.8 Å². The Bertz CT molecular complexity index is 701. The quantitative estimate of drug-likeness (QED) is 0.665. The highest BCUT2D eigenvalue weighted by molar-refractivity contribution is 5.95. The Morgan fingerprint density at radius 3 is 2.32 bits per heavy atom. The van der Waals surface area contributed by atoms with Crippen LogP contribution in [0.15, 0.2) is 12.1 Å². The van der Waals surface area contributed by atoms with E-state index in [2.05, 4.69) is 12.2 Å². The molecule has 1 aromatic carbocycles. The summed E-state index contributed by atoms with van der Waals surface area (Å²) in [5.74, 6) is -0.550. The molecule has 1 saturated heterocycles. The maximum Gasteiger partial charge on any atom is 0.341 e. The van der Waals surface area contributed by atoms with Gasteiger partial charge in [0.2, 0.25) is 5.91 Å². The molecular weight excluding hydrogens is 360 g/mol. The van der Waals surface area contributed by atoms with Crippen molar-refractivity contribution in [1.82, 2.24) is 10.2 Å². The average molecular weight is 390 g/mol. The normalized spacial score (nSPS) is 14.6. The molecule has 0 aromatic heterocycles. The number of amides is 2. The Labute approximate surface area is 166 Å². The second kappa shape index (κ2) is 10.1. The fraction of sp³-hybridized carbons (Fsp3) is 0.571. The molecule has 1 fully saturated rings.